The minimum Gasteiger partial charge on any atom is -0.335 e. The Morgan fingerprint density at radius 1 is 1.06 bits per heavy atom. The number of halogens is 1. The number of nitrogens with one attached hydrogen (secondary N) is 1. The van der Waals surface area contributed by atoms with E-state index < -0.39 is 0 Å². The second-order valence-electron chi connectivity index (χ2n) is 3.97. The number of benzene rings is 2. The molecule has 1 aliphatic rings. The number of thioether (sulfide) groups is 1. The molecule has 0 radical (unpaired) electrons. The summed E-state index contributed by atoms with van der Waals surface area (Å²) in [6, 6.07) is 15.9. The average Bonchev–Trinajstić information content (AvgIpc) is 2.41. The van der Waals surface area contributed by atoms with E-state index >= 15 is 0 Å². The summed E-state index contributed by atoms with van der Waals surface area (Å²) in [7, 11) is 0. The van der Waals surface area contributed by atoms with Gasteiger partial charge in [0.05, 0.1) is 5.69 Å². The standard InChI is InChI=1S/C14H11ClN2S/c15-11-5-7-12(8-6-11)16-14-17-13-4-2-1-3-10(13)9-18-14/h1-8H,9H2,(H,16,17). The lowest BCUT2D eigenvalue weighted by atomic mass is 10.2. The predicted molar refractivity (Wildman–Crippen MR) is 79.9 cm³/mol. The highest BCUT2D eigenvalue weighted by atomic mass is 35.5. The largest absolute Gasteiger partial charge is 0.335 e. The van der Waals surface area contributed by atoms with Gasteiger partial charge < -0.3 is 5.32 Å². The Hall–Kier alpha value is -1.45. The van der Waals surface area contributed by atoms with Gasteiger partial charge in [0, 0.05) is 16.5 Å². The van der Waals surface area contributed by atoms with Crippen molar-refractivity contribution >= 4 is 39.9 Å². The minimum absolute atomic E-state index is 0.740. The highest BCUT2D eigenvalue weighted by Crippen LogP contribution is 2.31. The molecular weight excluding hydrogens is 264 g/mol. The fourth-order valence-corrected chi connectivity index (χ4v) is 2.77. The Balaban J connectivity index is 1.83. The molecule has 2 aromatic rings. The van der Waals surface area contributed by atoms with Gasteiger partial charge in [0.15, 0.2) is 5.17 Å². The second kappa shape index (κ2) is 5.04. The first-order chi connectivity index (χ1) is 8.81. The van der Waals surface area contributed by atoms with Gasteiger partial charge in [0.1, 0.15) is 0 Å². The number of amidine groups is 1. The van der Waals surface area contributed by atoms with E-state index in [-0.39, 0.29) is 0 Å². The number of hydrogen-bond acceptors (Lipinski definition) is 3. The molecule has 4 heteroatoms. The summed E-state index contributed by atoms with van der Waals surface area (Å²) in [5, 5.41) is 4.97. The van der Waals surface area contributed by atoms with Crippen molar-refractivity contribution in [1.29, 1.82) is 0 Å². The van der Waals surface area contributed by atoms with Gasteiger partial charge in [-0.2, -0.15) is 0 Å². The first kappa shape index (κ1) is 11.6. The first-order valence-corrected chi connectivity index (χ1v) is 6.99. The summed E-state index contributed by atoms with van der Waals surface area (Å²) in [5.41, 5.74) is 3.34. The maximum Gasteiger partial charge on any atom is 0.166 e. The van der Waals surface area contributed by atoms with Crippen LogP contribution in [0.5, 0.6) is 0 Å². The quantitative estimate of drug-likeness (QED) is 0.816. The van der Waals surface area contributed by atoms with Crippen LogP contribution in [0.25, 0.3) is 0 Å². The molecule has 18 heavy (non-hydrogen) atoms. The van der Waals surface area contributed by atoms with Crippen molar-refractivity contribution in [2.75, 3.05) is 5.32 Å². The molecule has 3 rings (SSSR count). The number of nitrogens with zero attached hydrogens (tertiary/aromatic N) is 1. The molecule has 0 aliphatic carbocycles. The maximum absolute atomic E-state index is 5.86. The number of anilines is 1. The van der Waals surface area contributed by atoms with E-state index in [2.05, 4.69) is 16.4 Å². The fourth-order valence-electron chi connectivity index (χ4n) is 1.75. The molecular formula is C14H11ClN2S. The van der Waals surface area contributed by atoms with Crippen LogP contribution in [0.3, 0.4) is 0 Å². The van der Waals surface area contributed by atoms with Gasteiger partial charge in [-0.05, 0) is 35.9 Å². The number of para-hydroxylation sites is 1. The van der Waals surface area contributed by atoms with Gasteiger partial charge in [-0.3, -0.25) is 0 Å². The lowest BCUT2D eigenvalue weighted by Gasteiger charge is -2.16. The molecule has 0 saturated heterocycles. The minimum atomic E-state index is 0.740. The number of hydrogen-bond donors (Lipinski definition) is 1. The molecule has 90 valence electrons. The van der Waals surface area contributed by atoms with Crippen molar-refractivity contribution in [3.05, 3.63) is 59.1 Å². The van der Waals surface area contributed by atoms with E-state index in [1.54, 1.807) is 11.8 Å². The average molecular weight is 275 g/mol. The van der Waals surface area contributed by atoms with Crippen LogP contribution in [-0.2, 0) is 5.75 Å². The zero-order valence-electron chi connectivity index (χ0n) is 9.56. The number of aliphatic imine (C=N–C) groups is 1. The van der Waals surface area contributed by atoms with Gasteiger partial charge in [-0.15, -0.1) is 0 Å². The van der Waals surface area contributed by atoms with E-state index in [9.17, 15) is 0 Å². The molecule has 1 aliphatic heterocycles. The molecule has 0 bridgehead atoms. The number of rotatable bonds is 1. The van der Waals surface area contributed by atoms with Crippen molar-refractivity contribution in [1.82, 2.24) is 0 Å². The van der Waals surface area contributed by atoms with E-state index in [0.717, 1.165) is 27.3 Å². The highest BCUT2D eigenvalue weighted by Gasteiger charge is 2.11. The molecule has 0 spiro atoms. The van der Waals surface area contributed by atoms with Crippen molar-refractivity contribution in [3.63, 3.8) is 0 Å². The van der Waals surface area contributed by atoms with E-state index in [4.69, 9.17) is 11.6 Å². The monoisotopic (exact) mass is 274 g/mol. The molecule has 0 unspecified atom stereocenters. The summed E-state index contributed by atoms with van der Waals surface area (Å²) in [4.78, 5) is 4.60. The van der Waals surface area contributed by atoms with Crippen molar-refractivity contribution < 1.29 is 0 Å². The van der Waals surface area contributed by atoms with Gasteiger partial charge in [-0.1, -0.05) is 41.6 Å². The zero-order chi connectivity index (χ0) is 12.4. The highest BCUT2D eigenvalue weighted by molar-refractivity contribution is 8.13. The predicted octanol–water partition coefficient (Wildman–Crippen LogP) is 4.69. The molecule has 2 aromatic carbocycles. The topological polar surface area (TPSA) is 24.4 Å². The van der Waals surface area contributed by atoms with Gasteiger partial charge in [0.25, 0.3) is 0 Å². The molecule has 0 saturated carbocycles. The molecule has 1 heterocycles. The van der Waals surface area contributed by atoms with Crippen molar-refractivity contribution in [3.8, 4) is 0 Å². The Morgan fingerprint density at radius 3 is 2.67 bits per heavy atom. The molecule has 0 amide bonds. The normalized spacial score (nSPS) is 13.7. The Kier molecular flexibility index (Phi) is 3.26. The van der Waals surface area contributed by atoms with Gasteiger partial charge in [-0.25, -0.2) is 4.99 Å². The third-order valence-corrected chi connectivity index (χ3v) is 3.85. The zero-order valence-corrected chi connectivity index (χ0v) is 11.1. The smallest absolute Gasteiger partial charge is 0.166 e. The molecule has 2 nitrogen and oxygen atoms in total. The maximum atomic E-state index is 5.86. The lowest BCUT2D eigenvalue weighted by Crippen LogP contribution is -2.10. The van der Waals surface area contributed by atoms with E-state index in [1.807, 2.05) is 42.5 Å². The van der Waals surface area contributed by atoms with Crippen LogP contribution in [-0.4, -0.2) is 5.17 Å². The third kappa shape index (κ3) is 2.52. The van der Waals surface area contributed by atoms with Crippen LogP contribution in [0.15, 0.2) is 53.5 Å². The molecule has 1 N–H and O–H groups in total. The Morgan fingerprint density at radius 2 is 1.83 bits per heavy atom. The lowest BCUT2D eigenvalue weighted by molar-refractivity contribution is 1.35. The Bertz CT molecular complexity index is 593. The fraction of sp³-hybridized carbons (Fsp3) is 0.0714. The summed E-state index contributed by atoms with van der Waals surface area (Å²) in [6.45, 7) is 0. The molecule has 0 aromatic heterocycles. The molecule has 0 fully saturated rings. The van der Waals surface area contributed by atoms with E-state index in [0.29, 0.717) is 0 Å². The third-order valence-electron chi connectivity index (χ3n) is 2.67. The van der Waals surface area contributed by atoms with Crippen molar-refractivity contribution in [2.24, 2.45) is 4.99 Å². The second-order valence-corrected chi connectivity index (χ2v) is 5.37. The summed E-state index contributed by atoms with van der Waals surface area (Å²) >= 11 is 7.57. The summed E-state index contributed by atoms with van der Waals surface area (Å²) in [6.07, 6.45) is 0. The summed E-state index contributed by atoms with van der Waals surface area (Å²) in [5.74, 6) is 0.954. The van der Waals surface area contributed by atoms with Crippen LogP contribution < -0.4 is 5.32 Å². The SMILES string of the molecule is Clc1ccc(NC2=Nc3ccccc3CS2)cc1. The van der Waals surface area contributed by atoms with Gasteiger partial charge >= 0.3 is 0 Å². The first-order valence-electron chi connectivity index (χ1n) is 5.63. The Labute approximate surface area is 115 Å². The van der Waals surface area contributed by atoms with Crippen molar-refractivity contribution in [2.45, 2.75) is 5.75 Å². The van der Waals surface area contributed by atoms with Crippen LogP contribution in [0.4, 0.5) is 11.4 Å². The van der Waals surface area contributed by atoms with Crippen LogP contribution in [0, 0.1) is 0 Å². The van der Waals surface area contributed by atoms with Crippen LogP contribution in [0.1, 0.15) is 5.56 Å². The van der Waals surface area contributed by atoms with Crippen LogP contribution >= 0.6 is 23.4 Å². The number of fused-ring (bicyclic) bond motifs is 1. The van der Waals surface area contributed by atoms with Gasteiger partial charge in [0.2, 0.25) is 0 Å². The van der Waals surface area contributed by atoms with E-state index in [1.165, 1.54) is 5.56 Å². The summed E-state index contributed by atoms with van der Waals surface area (Å²) < 4.78 is 0. The van der Waals surface area contributed by atoms with Crippen LogP contribution in [0.2, 0.25) is 5.02 Å². The molecule has 0 atom stereocenters.